The normalized spacial score (nSPS) is 24.4. The molecule has 1 heterocycles. The van der Waals surface area contributed by atoms with Crippen LogP contribution in [-0.4, -0.2) is 29.0 Å². The van der Waals surface area contributed by atoms with Gasteiger partial charge >= 0.3 is 0 Å². The van der Waals surface area contributed by atoms with E-state index >= 15 is 0 Å². The molecule has 1 fully saturated rings. The predicted molar refractivity (Wildman–Crippen MR) is 70.5 cm³/mol. The first-order chi connectivity index (χ1) is 8.47. The molecule has 2 rings (SSSR count). The predicted octanol–water partition coefficient (Wildman–Crippen LogP) is 2.03. The van der Waals surface area contributed by atoms with Crippen LogP contribution in [0.25, 0.3) is 0 Å². The molecule has 0 radical (unpaired) electrons. The van der Waals surface area contributed by atoms with E-state index < -0.39 is 4.92 Å². The number of hydrogen-bond acceptors (Lipinski definition) is 4. The Hall–Kier alpha value is -1.17. The third-order valence-corrected chi connectivity index (χ3v) is 3.68. The topological polar surface area (TPSA) is 72.4 Å². The molecule has 98 valence electrons. The summed E-state index contributed by atoms with van der Waals surface area (Å²) in [5, 5.41) is 11.0. The van der Waals surface area contributed by atoms with E-state index in [2.05, 4.69) is 11.8 Å². The van der Waals surface area contributed by atoms with Gasteiger partial charge < -0.3 is 5.73 Å². The van der Waals surface area contributed by atoms with E-state index in [1.165, 1.54) is 6.07 Å². The van der Waals surface area contributed by atoms with Crippen LogP contribution in [0.5, 0.6) is 0 Å². The van der Waals surface area contributed by atoms with E-state index in [1.807, 2.05) is 6.07 Å². The molecule has 2 N–H and O–H groups in total. The van der Waals surface area contributed by atoms with Gasteiger partial charge in [-0.15, -0.1) is 0 Å². The van der Waals surface area contributed by atoms with Crippen molar-refractivity contribution in [1.29, 1.82) is 0 Å². The average Bonchev–Trinajstić information content (AvgIpc) is 2.60. The lowest BCUT2D eigenvalue weighted by molar-refractivity contribution is -0.384. The van der Waals surface area contributed by atoms with E-state index in [-0.39, 0.29) is 16.8 Å². The Morgan fingerprint density at radius 3 is 2.83 bits per heavy atom. The van der Waals surface area contributed by atoms with Crippen LogP contribution in [0.4, 0.5) is 5.69 Å². The lowest BCUT2D eigenvalue weighted by atomic mass is 10.1. The Morgan fingerprint density at radius 1 is 1.56 bits per heavy atom. The molecular weight excluding hydrogens is 254 g/mol. The van der Waals surface area contributed by atoms with Gasteiger partial charge in [0.25, 0.3) is 5.69 Å². The Balaban J connectivity index is 2.11. The van der Waals surface area contributed by atoms with Gasteiger partial charge in [0.15, 0.2) is 0 Å². The molecule has 0 aromatic heterocycles. The van der Waals surface area contributed by atoms with E-state index in [9.17, 15) is 10.1 Å². The van der Waals surface area contributed by atoms with E-state index in [1.54, 1.807) is 6.07 Å². The van der Waals surface area contributed by atoms with Gasteiger partial charge in [0.2, 0.25) is 0 Å². The molecule has 0 amide bonds. The third kappa shape index (κ3) is 2.80. The van der Waals surface area contributed by atoms with E-state index in [0.717, 1.165) is 18.7 Å². The molecule has 0 aliphatic carbocycles. The number of nitrogens with zero attached hydrogens (tertiary/aromatic N) is 2. The summed E-state index contributed by atoms with van der Waals surface area (Å²) in [5.74, 6) is 0.465. The molecule has 2 unspecified atom stereocenters. The molecule has 18 heavy (non-hydrogen) atoms. The summed E-state index contributed by atoms with van der Waals surface area (Å²) in [6, 6.07) is 5.13. The maximum Gasteiger partial charge on any atom is 0.288 e. The highest BCUT2D eigenvalue weighted by molar-refractivity contribution is 6.32. The summed E-state index contributed by atoms with van der Waals surface area (Å²) in [4.78, 5) is 12.6. The van der Waals surface area contributed by atoms with Gasteiger partial charge in [0.05, 0.1) is 4.92 Å². The Bertz CT molecular complexity index is 457. The standard InChI is InChI=1S/C12H16ClN3O2/c1-8-5-15(7-11(8)14)6-9-2-3-10(13)12(4-9)16(17)18/h2-4,8,11H,5-7,14H2,1H3. The fraction of sp³-hybridized carbons (Fsp3) is 0.500. The number of nitro benzene ring substituents is 1. The van der Waals surface area contributed by atoms with Crippen molar-refractivity contribution in [2.75, 3.05) is 13.1 Å². The largest absolute Gasteiger partial charge is 0.326 e. The van der Waals surface area contributed by atoms with Crippen LogP contribution in [0.15, 0.2) is 18.2 Å². The van der Waals surface area contributed by atoms with Crippen molar-refractivity contribution in [2.45, 2.75) is 19.5 Å². The molecule has 1 aliphatic rings. The molecule has 5 nitrogen and oxygen atoms in total. The quantitative estimate of drug-likeness (QED) is 0.673. The van der Waals surface area contributed by atoms with Crippen LogP contribution in [-0.2, 0) is 6.54 Å². The zero-order chi connectivity index (χ0) is 13.3. The second-order valence-electron chi connectivity index (χ2n) is 4.88. The zero-order valence-corrected chi connectivity index (χ0v) is 10.9. The Labute approximate surface area is 111 Å². The number of benzene rings is 1. The lowest BCUT2D eigenvalue weighted by Crippen LogP contribution is -2.28. The van der Waals surface area contributed by atoms with Crippen molar-refractivity contribution >= 4 is 17.3 Å². The molecular formula is C12H16ClN3O2. The first kappa shape index (κ1) is 13.3. The third-order valence-electron chi connectivity index (χ3n) is 3.36. The van der Waals surface area contributed by atoms with Crippen LogP contribution in [0.3, 0.4) is 0 Å². The Kier molecular flexibility index (Phi) is 3.85. The minimum atomic E-state index is -0.454. The number of nitrogens with two attached hydrogens (primary N) is 1. The maximum absolute atomic E-state index is 10.8. The maximum atomic E-state index is 10.8. The first-order valence-electron chi connectivity index (χ1n) is 5.88. The molecule has 2 atom stereocenters. The van der Waals surface area contributed by atoms with Crippen LogP contribution >= 0.6 is 11.6 Å². The second kappa shape index (κ2) is 5.22. The van der Waals surface area contributed by atoms with E-state index in [0.29, 0.717) is 12.5 Å². The smallest absolute Gasteiger partial charge is 0.288 e. The summed E-state index contributed by atoms with van der Waals surface area (Å²) < 4.78 is 0. The van der Waals surface area contributed by atoms with Crippen LogP contribution in [0.2, 0.25) is 5.02 Å². The number of rotatable bonds is 3. The number of likely N-dealkylation sites (tertiary alicyclic amines) is 1. The molecule has 0 saturated carbocycles. The first-order valence-corrected chi connectivity index (χ1v) is 6.26. The molecule has 1 aliphatic heterocycles. The summed E-state index contributed by atoms with van der Waals surface area (Å²) in [6.07, 6.45) is 0. The molecule has 1 aromatic carbocycles. The summed E-state index contributed by atoms with van der Waals surface area (Å²) in [6.45, 7) is 4.56. The minimum absolute atomic E-state index is 0.0364. The fourth-order valence-corrected chi connectivity index (χ4v) is 2.47. The fourth-order valence-electron chi connectivity index (χ4n) is 2.28. The van der Waals surface area contributed by atoms with Crippen molar-refractivity contribution in [3.05, 3.63) is 38.9 Å². The van der Waals surface area contributed by atoms with Crippen molar-refractivity contribution in [3.63, 3.8) is 0 Å². The van der Waals surface area contributed by atoms with Gasteiger partial charge in [0, 0.05) is 31.7 Å². The van der Waals surface area contributed by atoms with Crippen LogP contribution < -0.4 is 5.73 Å². The minimum Gasteiger partial charge on any atom is -0.326 e. The van der Waals surface area contributed by atoms with Crippen molar-refractivity contribution in [3.8, 4) is 0 Å². The zero-order valence-electron chi connectivity index (χ0n) is 10.2. The van der Waals surface area contributed by atoms with E-state index in [4.69, 9.17) is 17.3 Å². The lowest BCUT2D eigenvalue weighted by Gasteiger charge is -2.15. The van der Waals surface area contributed by atoms with Gasteiger partial charge in [0.1, 0.15) is 5.02 Å². The molecule has 1 aromatic rings. The van der Waals surface area contributed by atoms with Gasteiger partial charge in [-0.25, -0.2) is 0 Å². The van der Waals surface area contributed by atoms with Gasteiger partial charge in [-0.05, 0) is 17.5 Å². The molecule has 0 bridgehead atoms. The van der Waals surface area contributed by atoms with Gasteiger partial charge in [-0.3, -0.25) is 15.0 Å². The number of nitro groups is 1. The molecule has 0 spiro atoms. The monoisotopic (exact) mass is 269 g/mol. The SMILES string of the molecule is CC1CN(Cc2ccc(Cl)c([N+](=O)[O-])c2)CC1N. The number of halogens is 1. The molecule has 1 saturated heterocycles. The van der Waals surface area contributed by atoms with Crippen molar-refractivity contribution in [1.82, 2.24) is 4.90 Å². The van der Waals surface area contributed by atoms with Gasteiger partial charge in [-0.1, -0.05) is 24.6 Å². The van der Waals surface area contributed by atoms with Crippen LogP contribution in [0.1, 0.15) is 12.5 Å². The highest BCUT2D eigenvalue weighted by Crippen LogP contribution is 2.26. The van der Waals surface area contributed by atoms with Crippen LogP contribution in [0, 0.1) is 16.0 Å². The van der Waals surface area contributed by atoms with Crippen molar-refractivity contribution in [2.24, 2.45) is 11.7 Å². The average molecular weight is 270 g/mol. The summed E-state index contributed by atoms with van der Waals surface area (Å²) in [5.41, 5.74) is 6.81. The second-order valence-corrected chi connectivity index (χ2v) is 5.29. The highest BCUT2D eigenvalue weighted by Gasteiger charge is 2.26. The number of hydrogen-bond donors (Lipinski definition) is 1. The van der Waals surface area contributed by atoms with Gasteiger partial charge in [-0.2, -0.15) is 0 Å². The summed E-state index contributed by atoms with van der Waals surface area (Å²) >= 11 is 5.78. The highest BCUT2D eigenvalue weighted by atomic mass is 35.5. The molecule has 6 heteroatoms. The summed E-state index contributed by atoms with van der Waals surface area (Å²) in [7, 11) is 0. The van der Waals surface area contributed by atoms with Crippen molar-refractivity contribution < 1.29 is 4.92 Å². The Morgan fingerprint density at radius 2 is 2.28 bits per heavy atom.